The Hall–Kier alpha value is -3.52. The quantitative estimate of drug-likeness (QED) is 0.416. The number of esters is 1. The van der Waals surface area contributed by atoms with E-state index in [-0.39, 0.29) is 11.5 Å². The van der Waals surface area contributed by atoms with Crippen LogP contribution in [0.1, 0.15) is 34.6 Å². The number of methoxy groups -OCH3 is 3. The highest BCUT2D eigenvalue weighted by Gasteiger charge is 2.23. The van der Waals surface area contributed by atoms with Crippen molar-refractivity contribution in [1.29, 1.82) is 0 Å². The van der Waals surface area contributed by atoms with Gasteiger partial charge in [0.2, 0.25) is 0 Å². The molecule has 1 amide bonds. The third kappa shape index (κ3) is 5.64. The van der Waals surface area contributed by atoms with Crippen LogP contribution in [0, 0.1) is 5.92 Å². The smallest absolute Gasteiger partial charge is 0.341 e. The van der Waals surface area contributed by atoms with Gasteiger partial charge in [-0.1, -0.05) is 19.9 Å². The molecule has 1 heterocycles. The van der Waals surface area contributed by atoms with E-state index in [9.17, 15) is 9.59 Å². The second-order valence-corrected chi connectivity index (χ2v) is 8.48. The first-order valence-electron chi connectivity index (χ1n) is 10.3. The molecule has 0 aliphatic heterocycles. The van der Waals surface area contributed by atoms with Gasteiger partial charge in [-0.2, -0.15) is 0 Å². The van der Waals surface area contributed by atoms with Crippen molar-refractivity contribution >= 4 is 28.2 Å². The molecule has 0 bridgehead atoms. The van der Waals surface area contributed by atoms with Gasteiger partial charge in [0, 0.05) is 16.5 Å². The first-order chi connectivity index (χ1) is 15.9. The summed E-state index contributed by atoms with van der Waals surface area (Å²) in [4.78, 5) is 25.5. The molecule has 0 spiro atoms. The van der Waals surface area contributed by atoms with Crippen LogP contribution in [-0.4, -0.2) is 39.8 Å². The average Bonchev–Trinajstić information content (AvgIpc) is 3.25. The Labute approximate surface area is 197 Å². The number of carbonyl (C=O) groups excluding carboxylic acids is 2. The zero-order valence-electron chi connectivity index (χ0n) is 19.3. The second kappa shape index (κ2) is 10.9. The highest BCUT2D eigenvalue weighted by atomic mass is 32.1. The highest BCUT2D eigenvalue weighted by molar-refractivity contribution is 7.15. The van der Waals surface area contributed by atoms with Crippen molar-refractivity contribution in [1.82, 2.24) is 0 Å². The van der Waals surface area contributed by atoms with Crippen LogP contribution in [0.15, 0.2) is 47.8 Å². The third-order valence-corrected chi connectivity index (χ3v) is 5.70. The molecule has 3 rings (SSSR count). The summed E-state index contributed by atoms with van der Waals surface area (Å²) < 4.78 is 21.3. The molecule has 0 saturated heterocycles. The number of benzene rings is 2. The lowest BCUT2D eigenvalue weighted by Crippen LogP contribution is -2.14. The van der Waals surface area contributed by atoms with Gasteiger partial charge in [-0.15, -0.1) is 11.3 Å². The number of ether oxygens (including phenoxy) is 4. The fraction of sp³-hybridized carbons (Fsp3) is 0.280. The number of carbonyl (C=O) groups is 2. The molecule has 33 heavy (non-hydrogen) atoms. The fourth-order valence-electron chi connectivity index (χ4n) is 3.11. The number of hydrogen-bond acceptors (Lipinski definition) is 7. The van der Waals surface area contributed by atoms with E-state index < -0.39 is 5.97 Å². The molecule has 7 nitrogen and oxygen atoms in total. The first-order valence-corrected chi connectivity index (χ1v) is 11.2. The summed E-state index contributed by atoms with van der Waals surface area (Å²) in [5, 5.41) is 5.03. The predicted molar refractivity (Wildman–Crippen MR) is 129 cm³/mol. The van der Waals surface area contributed by atoms with Crippen LogP contribution in [0.4, 0.5) is 5.00 Å². The Morgan fingerprint density at radius 2 is 1.67 bits per heavy atom. The van der Waals surface area contributed by atoms with Gasteiger partial charge >= 0.3 is 5.97 Å². The number of thiophene rings is 1. The van der Waals surface area contributed by atoms with E-state index in [1.807, 2.05) is 6.07 Å². The number of amides is 1. The molecular formula is C25H27NO6S. The Bertz CT molecular complexity index is 1120. The summed E-state index contributed by atoms with van der Waals surface area (Å²) in [7, 11) is 4.40. The van der Waals surface area contributed by atoms with Gasteiger partial charge in [0.1, 0.15) is 16.3 Å². The van der Waals surface area contributed by atoms with E-state index >= 15 is 0 Å². The van der Waals surface area contributed by atoms with Gasteiger partial charge in [0.05, 0.1) is 27.9 Å². The van der Waals surface area contributed by atoms with E-state index in [0.717, 1.165) is 5.56 Å². The van der Waals surface area contributed by atoms with Crippen molar-refractivity contribution in [2.75, 3.05) is 33.3 Å². The molecule has 1 N–H and O–H groups in total. The largest absolute Gasteiger partial charge is 0.493 e. The summed E-state index contributed by atoms with van der Waals surface area (Å²) >= 11 is 1.25. The van der Waals surface area contributed by atoms with E-state index in [2.05, 4.69) is 19.2 Å². The summed E-state index contributed by atoms with van der Waals surface area (Å²) in [6.45, 7) is 4.73. The summed E-state index contributed by atoms with van der Waals surface area (Å²) in [6, 6.07) is 12.2. The van der Waals surface area contributed by atoms with Crippen molar-refractivity contribution in [3.8, 4) is 28.4 Å². The van der Waals surface area contributed by atoms with E-state index in [1.165, 1.54) is 18.4 Å². The topological polar surface area (TPSA) is 83.1 Å². The molecule has 0 atom stereocenters. The number of anilines is 1. The lowest BCUT2D eigenvalue weighted by atomic mass is 10.0. The van der Waals surface area contributed by atoms with Gasteiger partial charge in [0.15, 0.2) is 11.5 Å². The van der Waals surface area contributed by atoms with E-state index in [4.69, 9.17) is 18.9 Å². The maximum atomic E-state index is 12.9. The van der Waals surface area contributed by atoms with Crippen LogP contribution in [0.5, 0.6) is 17.2 Å². The van der Waals surface area contributed by atoms with E-state index in [0.29, 0.717) is 45.9 Å². The molecule has 0 aliphatic rings. The normalized spacial score (nSPS) is 10.6. The Morgan fingerprint density at radius 1 is 0.970 bits per heavy atom. The summed E-state index contributed by atoms with van der Waals surface area (Å²) in [6.07, 6.45) is 0. The minimum Gasteiger partial charge on any atom is -0.493 e. The minimum atomic E-state index is -0.547. The average molecular weight is 470 g/mol. The van der Waals surface area contributed by atoms with Crippen LogP contribution in [0.2, 0.25) is 0 Å². The molecule has 0 unspecified atom stereocenters. The van der Waals surface area contributed by atoms with Crippen molar-refractivity contribution in [2.24, 2.45) is 5.92 Å². The maximum Gasteiger partial charge on any atom is 0.341 e. The van der Waals surface area contributed by atoms with Gasteiger partial charge in [-0.3, -0.25) is 4.79 Å². The second-order valence-electron chi connectivity index (χ2n) is 7.60. The summed E-state index contributed by atoms with van der Waals surface area (Å²) in [5.74, 6) is 1.32. The van der Waals surface area contributed by atoms with E-state index in [1.54, 1.807) is 56.0 Å². The molecule has 0 saturated carbocycles. The zero-order valence-corrected chi connectivity index (χ0v) is 20.1. The maximum absolute atomic E-state index is 12.9. The van der Waals surface area contributed by atoms with Crippen LogP contribution in [-0.2, 0) is 4.74 Å². The molecular weight excluding hydrogens is 442 g/mol. The molecule has 3 aromatic rings. The van der Waals surface area contributed by atoms with Crippen molar-refractivity contribution < 1.29 is 28.5 Å². The highest BCUT2D eigenvalue weighted by Crippen LogP contribution is 2.39. The molecule has 174 valence electrons. The van der Waals surface area contributed by atoms with Gasteiger partial charge in [-0.25, -0.2) is 4.79 Å². The van der Waals surface area contributed by atoms with Crippen molar-refractivity contribution in [3.63, 3.8) is 0 Å². The minimum absolute atomic E-state index is 0.278. The molecule has 2 aromatic carbocycles. The van der Waals surface area contributed by atoms with Gasteiger partial charge in [-0.05, 0) is 47.9 Å². The zero-order chi connectivity index (χ0) is 24.0. The van der Waals surface area contributed by atoms with Crippen molar-refractivity contribution in [3.05, 3.63) is 59.0 Å². The third-order valence-electron chi connectivity index (χ3n) is 4.80. The SMILES string of the molecule is COC(=O)c1c(-c2ccc(OC)c(OC)c2)csc1NC(=O)c1ccc(OCC(C)C)cc1. The van der Waals surface area contributed by atoms with Gasteiger partial charge in [0.25, 0.3) is 5.91 Å². The molecule has 0 aliphatic carbocycles. The van der Waals surface area contributed by atoms with Crippen LogP contribution >= 0.6 is 11.3 Å². The lowest BCUT2D eigenvalue weighted by Gasteiger charge is -2.11. The van der Waals surface area contributed by atoms with Crippen LogP contribution < -0.4 is 19.5 Å². The number of rotatable bonds is 9. The number of nitrogens with one attached hydrogen (secondary N) is 1. The fourth-order valence-corrected chi connectivity index (χ4v) is 4.06. The molecule has 8 heteroatoms. The predicted octanol–water partition coefficient (Wildman–Crippen LogP) is 5.51. The first kappa shape index (κ1) is 24.1. The molecule has 0 radical (unpaired) electrons. The lowest BCUT2D eigenvalue weighted by molar-refractivity contribution is 0.0603. The van der Waals surface area contributed by atoms with Gasteiger partial charge < -0.3 is 24.3 Å². The Kier molecular flexibility index (Phi) is 7.95. The monoisotopic (exact) mass is 469 g/mol. The van der Waals surface area contributed by atoms with Crippen LogP contribution in [0.3, 0.4) is 0 Å². The van der Waals surface area contributed by atoms with Crippen molar-refractivity contribution in [2.45, 2.75) is 13.8 Å². The Balaban J connectivity index is 1.88. The standard InChI is InChI=1S/C25H27NO6S/c1-15(2)13-32-18-9-6-16(7-10-18)23(27)26-24-22(25(28)31-5)19(14-33-24)17-8-11-20(29-3)21(12-17)30-4/h6-12,14-15H,13H2,1-5H3,(H,26,27). The Morgan fingerprint density at radius 3 is 2.27 bits per heavy atom. The molecule has 0 fully saturated rings. The van der Waals surface area contributed by atoms with Crippen LogP contribution in [0.25, 0.3) is 11.1 Å². The number of hydrogen-bond donors (Lipinski definition) is 1. The molecule has 1 aromatic heterocycles. The summed E-state index contributed by atoms with van der Waals surface area (Å²) in [5.41, 5.74) is 2.08.